The van der Waals surface area contributed by atoms with Gasteiger partial charge >= 0.3 is 11.9 Å². The van der Waals surface area contributed by atoms with Crippen LogP contribution in [0.15, 0.2) is 52.3 Å². The Balaban J connectivity index is 0.000000256. The van der Waals surface area contributed by atoms with E-state index in [-0.39, 0.29) is 45.0 Å². The van der Waals surface area contributed by atoms with Gasteiger partial charge in [0.1, 0.15) is 38.8 Å². The predicted molar refractivity (Wildman–Crippen MR) is 237 cm³/mol. The van der Waals surface area contributed by atoms with E-state index in [1.54, 1.807) is 26.4 Å². The molecule has 0 spiro atoms. The zero-order valence-corrected chi connectivity index (χ0v) is 39.4. The minimum absolute atomic E-state index is 0.0170. The van der Waals surface area contributed by atoms with Crippen molar-refractivity contribution in [3.8, 4) is 23.0 Å². The number of fused-ring (bicyclic) bond motifs is 7. The Morgan fingerprint density at radius 2 is 1.64 bits per heavy atom. The van der Waals surface area contributed by atoms with E-state index in [4.69, 9.17) is 73.1 Å². The Hall–Kier alpha value is -4.25. The number of esters is 2. The molecule has 1 aromatic heterocycles. The van der Waals surface area contributed by atoms with Crippen molar-refractivity contribution in [1.82, 2.24) is 14.6 Å². The molecule has 1 saturated carbocycles. The van der Waals surface area contributed by atoms with E-state index >= 15 is 0 Å². The summed E-state index contributed by atoms with van der Waals surface area (Å²) in [6.45, 7) is 1.68. The second-order valence-corrected chi connectivity index (χ2v) is 20.4. The average Bonchev–Trinajstić information content (AvgIpc) is 3.64. The highest BCUT2D eigenvalue weighted by Crippen LogP contribution is 2.51. The number of carbonyl (C=O) groups excluding carboxylic acids is 2. The van der Waals surface area contributed by atoms with Crippen molar-refractivity contribution in [2.45, 2.75) is 58.3 Å². The summed E-state index contributed by atoms with van der Waals surface area (Å²) in [5.74, 6) is 0.441. The van der Waals surface area contributed by atoms with Gasteiger partial charge < -0.3 is 43.5 Å². The zero-order valence-electron chi connectivity index (χ0n) is 35.5. The number of aromatic amines is 1. The minimum atomic E-state index is -4.15. The van der Waals surface area contributed by atoms with E-state index in [1.165, 1.54) is 45.1 Å². The topological polar surface area (TPSA) is 236 Å². The fourth-order valence-corrected chi connectivity index (χ4v) is 12.3. The van der Waals surface area contributed by atoms with Crippen LogP contribution in [-0.4, -0.2) is 118 Å². The summed E-state index contributed by atoms with van der Waals surface area (Å²) in [6, 6.07) is 11.4. The molecular formula is C41H48Cl3N5O13S2. The number of nitrogens with two attached hydrogens (primary N) is 1. The number of rotatable bonds is 10. The fourth-order valence-electron chi connectivity index (χ4n) is 9.39. The summed E-state index contributed by atoms with van der Waals surface area (Å²) in [5.41, 5.74) is 3.91. The molecule has 8 rings (SSSR count). The maximum absolute atomic E-state index is 13.5. The number of ether oxygens (including phenoxy) is 7. The summed E-state index contributed by atoms with van der Waals surface area (Å²) >= 11 is 17.0. The van der Waals surface area contributed by atoms with Crippen LogP contribution in [0.1, 0.15) is 40.5 Å². The third-order valence-electron chi connectivity index (χ3n) is 12.2. The summed E-state index contributed by atoms with van der Waals surface area (Å²) in [6.07, 6.45) is -0.0458. The smallest absolute Gasteiger partial charge is 0.338 e. The first-order valence-electron chi connectivity index (χ1n) is 19.8. The number of hydrogen-bond acceptors (Lipinski definition) is 15. The Morgan fingerprint density at radius 1 is 0.938 bits per heavy atom. The number of anilines is 1. The van der Waals surface area contributed by atoms with E-state index in [1.807, 2.05) is 12.1 Å². The van der Waals surface area contributed by atoms with Crippen LogP contribution in [0.5, 0.6) is 23.0 Å². The summed E-state index contributed by atoms with van der Waals surface area (Å²) < 4.78 is 88.0. The van der Waals surface area contributed by atoms with Crippen molar-refractivity contribution >= 4 is 83.4 Å². The van der Waals surface area contributed by atoms with E-state index in [9.17, 15) is 26.4 Å². The highest BCUT2D eigenvalue weighted by atomic mass is 35.5. The molecule has 7 atom stereocenters. The van der Waals surface area contributed by atoms with Gasteiger partial charge in [0.2, 0.25) is 25.8 Å². The van der Waals surface area contributed by atoms with Gasteiger partial charge in [-0.1, -0.05) is 11.6 Å². The number of aromatic nitrogens is 1. The lowest BCUT2D eigenvalue weighted by molar-refractivity contribution is -0.176. The molecule has 4 aliphatic rings. The molecule has 4 aromatic rings. The van der Waals surface area contributed by atoms with Crippen molar-refractivity contribution in [3.05, 3.63) is 64.3 Å². The van der Waals surface area contributed by atoms with Crippen LogP contribution in [0, 0.1) is 17.8 Å². The molecule has 23 heteroatoms. The van der Waals surface area contributed by atoms with Gasteiger partial charge in [0.15, 0.2) is 11.5 Å². The summed E-state index contributed by atoms with van der Waals surface area (Å²) in [7, 11) is 0.954. The predicted octanol–water partition coefficient (Wildman–Crippen LogP) is 4.99. The van der Waals surface area contributed by atoms with Gasteiger partial charge in [0, 0.05) is 42.9 Å². The highest BCUT2D eigenvalue weighted by molar-refractivity contribution is 7.90. The molecule has 348 valence electrons. The van der Waals surface area contributed by atoms with Crippen LogP contribution in [0.2, 0.25) is 5.02 Å². The number of halogens is 3. The molecule has 1 saturated heterocycles. The highest BCUT2D eigenvalue weighted by Gasteiger charge is 2.54. The molecule has 18 nitrogen and oxygen atoms in total. The second-order valence-electron chi connectivity index (χ2n) is 15.6. The molecule has 3 aliphatic heterocycles. The molecule has 64 heavy (non-hydrogen) atoms. The summed E-state index contributed by atoms with van der Waals surface area (Å²) in [4.78, 5) is 31.3. The van der Waals surface area contributed by atoms with Gasteiger partial charge in [0.05, 0.1) is 63.8 Å². The molecule has 3 aromatic carbocycles. The number of nitrogens with one attached hydrogen (secondary N) is 3. The summed E-state index contributed by atoms with van der Waals surface area (Å²) in [5, 5.41) is 8.66. The largest absolute Gasteiger partial charge is 0.497 e. The first kappa shape index (κ1) is 47.7. The first-order chi connectivity index (χ1) is 30.4. The number of nitrogens with zero attached hydrogens (tertiary/aromatic N) is 1. The Bertz CT molecular complexity index is 2640. The van der Waals surface area contributed by atoms with Gasteiger partial charge in [-0.25, -0.2) is 26.8 Å². The third-order valence-corrected chi connectivity index (χ3v) is 15.6. The van der Waals surface area contributed by atoms with Crippen LogP contribution in [0.3, 0.4) is 0 Å². The van der Waals surface area contributed by atoms with Crippen molar-refractivity contribution in [3.63, 3.8) is 0 Å². The monoisotopic (exact) mass is 987 g/mol. The number of benzene rings is 3. The normalized spacial score (nSPS) is 24.6. The Kier molecular flexibility index (Phi) is 14.1. The lowest BCUT2D eigenvalue weighted by Crippen LogP contribution is -2.58. The molecule has 5 N–H and O–H groups in total. The number of alkyl halides is 2. The number of piperidine rings is 1. The SMILES string of the molecule is COC(=O)[C@H]1[C@H]2C[C@@H]3c4[nH]c5cc(OC)ccc5c4CCN3C[C@H]2C[C@@H](OC(=O)c2cc(OC)c(OC)c(OC)c2)[C@@H]1OC.NS(=O)(=O)c1cc2c(cc1Cl)NC(C(Cl)Cl)NS2(=O)=O. The van der Waals surface area contributed by atoms with E-state index in [0.717, 1.165) is 49.3 Å². The van der Waals surface area contributed by atoms with Gasteiger partial charge in [-0.15, -0.1) is 23.2 Å². The quantitative estimate of drug-likeness (QED) is 0.121. The van der Waals surface area contributed by atoms with Gasteiger partial charge in [0.25, 0.3) is 0 Å². The van der Waals surface area contributed by atoms with Crippen LogP contribution in [0.4, 0.5) is 5.69 Å². The molecular weight excluding hydrogens is 941 g/mol. The van der Waals surface area contributed by atoms with Gasteiger partial charge in [-0.2, -0.15) is 4.72 Å². The molecule has 0 bridgehead atoms. The van der Waals surface area contributed by atoms with Gasteiger partial charge in [-0.05, 0) is 73.1 Å². The lowest BCUT2D eigenvalue weighted by Gasteiger charge is -2.52. The number of H-pyrrole nitrogens is 1. The Labute approximate surface area is 385 Å². The number of carbonyl (C=O) groups is 2. The second kappa shape index (κ2) is 18.9. The first-order valence-corrected chi connectivity index (χ1v) is 24.1. The zero-order chi connectivity index (χ0) is 46.4. The maximum Gasteiger partial charge on any atom is 0.338 e. The van der Waals surface area contributed by atoms with Crippen molar-refractivity contribution in [2.24, 2.45) is 22.9 Å². The number of methoxy groups -OCH3 is 6. The molecule has 4 heterocycles. The number of hydrogen-bond donors (Lipinski definition) is 4. The Morgan fingerprint density at radius 3 is 2.23 bits per heavy atom. The standard InChI is InChI=1S/C33H40N2O9.C8H8Cl3N3O4S2/c1-38-19-7-8-20-21-9-10-35-16-18-13-27(44-32(36)17-11-25(39-2)30(41-4)26(12-17)40-3)31(42-5)28(33(37)43-6)22(18)15-24(35)29(21)34-23(20)14-19;9-3-1-4-6(2-5(3)19(12,15)16)20(17,18)14-8(13-4)7(10)11/h7-8,11-12,14,18,22,24,27-28,31,34H,9-10,13,15-16H2,1-6H3;1-2,7-8,13-14H,(H2,12,15,16)/t18-,22+,24-,27-,28+,31+;/m1./s1. The van der Waals surface area contributed by atoms with E-state index in [0.29, 0.717) is 23.7 Å². The molecule has 0 amide bonds. The van der Waals surface area contributed by atoms with Crippen LogP contribution < -0.4 is 34.1 Å². The number of primary sulfonamides is 1. The van der Waals surface area contributed by atoms with Crippen LogP contribution >= 0.6 is 34.8 Å². The molecule has 0 radical (unpaired) electrons. The molecule has 2 fully saturated rings. The lowest BCUT2D eigenvalue weighted by atomic mass is 9.63. The van der Waals surface area contributed by atoms with Crippen molar-refractivity contribution in [2.75, 3.05) is 61.1 Å². The van der Waals surface area contributed by atoms with E-state index in [2.05, 4.69) is 26.0 Å². The van der Waals surface area contributed by atoms with Crippen LogP contribution in [0.25, 0.3) is 10.9 Å². The third kappa shape index (κ3) is 9.13. The van der Waals surface area contributed by atoms with Crippen molar-refractivity contribution < 1.29 is 59.6 Å². The average molecular weight is 989 g/mol. The minimum Gasteiger partial charge on any atom is -0.497 e. The molecule has 1 unspecified atom stereocenters. The number of sulfonamides is 2. The van der Waals surface area contributed by atoms with Crippen LogP contribution in [-0.2, 0) is 45.5 Å². The fraction of sp³-hybridized carbons (Fsp3) is 0.463. The van der Waals surface area contributed by atoms with Gasteiger partial charge in [-0.3, -0.25) is 9.69 Å². The van der Waals surface area contributed by atoms with Crippen molar-refractivity contribution in [1.29, 1.82) is 0 Å². The maximum atomic E-state index is 13.5. The molecule has 1 aliphatic carbocycles. The van der Waals surface area contributed by atoms with E-state index < -0.39 is 60.0 Å².